The molecular weight excluding hydrogens is 290 g/mol. The minimum absolute atomic E-state index is 0.113. The molecule has 124 valence electrons. The highest BCUT2D eigenvalue weighted by molar-refractivity contribution is 5.29. The topological polar surface area (TPSA) is 52.9 Å². The van der Waals surface area contributed by atoms with Crippen LogP contribution in [0.2, 0.25) is 0 Å². The summed E-state index contributed by atoms with van der Waals surface area (Å²) in [6, 6.07) is 17.7. The van der Waals surface area contributed by atoms with Crippen molar-refractivity contribution in [3.8, 4) is 5.75 Å². The van der Waals surface area contributed by atoms with E-state index in [1.54, 1.807) is 7.11 Å². The number of hydrogen-bond donors (Lipinski definition) is 2. The summed E-state index contributed by atoms with van der Waals surface area (Å²) in [7, 11) is 1.62. The number of nitrogens with zero attached hydrogens (tertiary/aromatic N) is 1. The molecular formula is C19H25NO3. The van der Waals surface area contributed by atoms with E-state index in [9.17, 15) is 10.2 Å². The number of aliphatic hydroxyl groups excluding tert-OH is 2. The lowest BCUT2D eigenvalue weighted by Crippen LogP contribution is -2.28. The number of benzene rings is 2. The molecule has 0 fully saturated rings. The summed E-state index contributed by atoms with van der Waals surface area (Å²) in [5.41, 5.74) is 2.06. The van der Waals surface area contributed by atoms with E-state index in [0.29, 0.717) is 19.5 Å². The molecule has 2 N–H and O–H groups in total. The lowest BCUT2D eigenvalue weighted by Gasteiger charge is -2.23. The predicted octanol–water partition coefficient (Wildman–Crippen LogP) is 2.61. The van der Waals surface area contributed by atoms with Gasteiger partial charge in [0.25, 0.3) is 0 Å². The van der Waals surface area contributed by atoms with Gasteiger partial charge in [-0.05, 0) is 29.7 Å². The lowest BCUT2D eigenvalue weighted by atomic mass is 10.1. The first-order valence-corrected chi connectivity index (χ1v) is 7.92. The molecule has 0 saturated carbocycles. The van der Waals surface area contributed by atoms with Crippen molar-refractivity contribution in [3.05, 3.63) is 65.7 Å². The summed E-state index contributed by atoms with van der Waals surface area (Å²) in [5.74, 6) is 0.748. The van der Waals surface area contributed by atoms with Crippen LogP contribution in [0.15, 0.2) is 54.6 Å². The molecule has 0 heterocycles. The fraction of sp³-hybridized carbons (Fsp3) is 0.368. The first-order valence-electron chi connectivity index (χ1n) is 7.92. The normalized spacial score (nSPS) is 12.3. The van der Waals surface area contributed by atoms with E-state index < -0.39 is 6.10 Å². The van der Waals surface area contributed by atoms with Crippen LogP contribution in [0.3, 0.4) is 0 Å². The van der Waals surface area contributed by atoms with Gasteiger partial charge in [-0.2, -0.15) is 0 Å². The SMILES string of the molecule is COc1cccc(C(O)CCN(CCO)Cc2ccccc2)c1. The number of methoxy groups -OCH3 is 1. The highest BCUT2D eigenvalue weighted by atomic mass is 16.5. The molecule has 1 unspecified atom stereocenters. The molecule has 0 radical (unpaired) electrons. The summed E-state index contributed by atoms with van der Waals surface area (Å²) >= 11 is 0. The van der Waals surface area contributed by atoms with Gasteiger partial charge in [0.15, 0.2) is 0 Å². The smallest absolute Gasteiger partial charge is 0.119 e. The maximum absolute atomic E-state index is 10.4. The molecule has 2 aromatic rings. The number of hydrogen-bond acceptors (Lipinski definition) is 4. The summed E-state index contributed by atoms with van der Waals surface area (Å²) in [6.45, 7) is 2.20. The van der Waals surface area contributed by atoms with Gasteiger partial charge in [0.1, 0.15) is 5.75 Å². The van der Waals surface area contributed by atoms with Gasteiger partial charge in [0.05, 0.1) is 19.8 Å². The van der Waals surface area contributed by atoms with Crippen molar-refractivity contribution >= 4 is 0 Å². The molecule has 2 rings (SSSR count). The van der Waals surface area contributed by atoms with E-state index in [2.05, 4.69) is 17.0 Å². The van der Waals surface area contributed by atoms with Crippen LogP contribution < -0.4 is 4.74 Å². The molecule has 2 aromatic carbocycles. The first-order chi connectivity index (χ1) is 11.2. The molecule has 0 spiro atoms. The lowest BCUT2D eigenvalue weighted by molar-refractivity contribution is 0.127. The van der Waals surface area contributed by atoms with E-state index in [-0.39, 0.29) is 6.61 Å². The van der Waals surface area contributed by atoms with E-state index in [0.717, 1.165) is 17.9 Å². The van der Waals surface area contributed by atoms with E-state index >= 15 is 0 Å². The Morgan fingerprint density at radius 2 is 1.83 bits per heavy atom. The molecule has 4 nitrogen and oxygen atoms in total. The van der Waals surface area contributed by atoms with Crippen LogP contribution in [0.4, 0.5) is 0 Å². The largest absolute Gasteiger partial charge is 0.497 e. The van der Waals surface area contributed by atoms with Gasteiger partial charge in [-0.15, -0.1) is 0 Å². The zero-order chi connectivity index (χ0) is 16.5. The Hall–Kier alpha value is -1.88. The maximum Gasteiger partial charge on any atom is 0.119 e. The zero-order valence-electron chi connectivity index (χ0n) is 13.6. The van der Waals surface area contributed by atoms with Crippen molar-refractivity contribution in [2.75, 3.05) is 26.8 Å². The molecule has 0 aliphatic rings. The Balaban J connectivity index is 1.92. The van der Waals surface area contributed by atoms with Gasteiger partial charge in [-0.25, -0.2) is 0 Å². The van der Waals surface area contributed by atoms with Crippen LogP contribution in [0.1, 0.15) is 23.7 Å². The van der Waals surface area contributed by atoms with Gasteiger partial charge >= 0.3 is 0 Å². The van der Waals surface area contributed by atoms with Gasteiger partial charge in [-0.1, -0.05) is 42.5 Å². The third-order valence-electron chi connectivity index (χ3n) is 3.86. The minimum Gasteiger partial charge on any atom is -0.497 e. The van der Waals surface area contributed by atoms with Crippen molar-refractivity contribution in [1.82, 2.24) is 4.90 Å². The highest BCUT2D eigenvalue weighted by Crippen LogP contribution is 2.22. The van der Waals surface area contributed by atoms with Crippen LogP contribution in [-0.2, 0) is 6.54 Å². The van der Waals surface area contributed by atoms with E-state index in [1.165, 1.54) is 5.56 Å². The highest BCUT2D eigenvalue weighted by Gasteiger charge is 2.12. The van der Waals surface area contributed by atoms with E-state index in [4.69, 9.17) is 4.74 Å². The quantitative estimate of drug-likeness (QED) is 0.747. The standard InChI is InChI=1S/C19H25NO3/c1-23-18-9-5-8-17(14-18)19(22)10-11-20(12-13-21)15-16-6-3-2-4-7-16/h2-9,14,19,21-22H,10-13,15H2,1H3. The molecule has 1 atom stereocenters. The zero-order valence-corrected chi connectivity index (χ0v) is 13.6. The molecule has 4 heteroatoms. The minimum atomic E-state index is -0.540. The van der Waals surface area contributed by atoms with Crippen LogP contribution in [0.5, 0.6) is 5.75 Å². The van der Waals surface area contributed by atoms with Gasteiger partial charge in [-0.3, -0.25) is 4.90 Å². The van der Waals surface area contributed by atoms with E-state index in [1.807, 2.05) is 42.5 Å². The van der Waals surface area contributed by atoms with Gasteiger partial charge in [0.2, 0.25) is 0 Å². The second kappa shape index (κ2) is 9.30. The molecule has 23 heavy (non-hydrogen) atoms. The molecule has 0 aromatic heterocycles. The van der Waals surface area contributed by atoms with Crippen molar-refractivity contribution < 1.29 is 14.9 Å². The van der Waals surface area contributed by atoms with Crippen LogP contribution in [-0.4, -0.2) is 41.9 Å². The molecule has 0 aliphatic carbocycles. The average Bonchev–Trinajstić information content (AvgIpc) is 2.60. The predicted molar refractivity (Wildman–Crippen MR) is 91.4 cm³/mol. The second-order valence-electron chi connectivity index (χ2n) is 5.57. The Labute approximate surface area is 138 Å². The summed E-state index contributed by atoms with van der Waals surface area (Å²) in [6.07, 6.45) is 0.0714. The Kier molecular flexibility index (Phi) is 7.07. The molecule has 0 bridgehead atoms. The second-order valence-corrected chi connectivity index (χ2v) is 5.57. The Bertz CT molecular complexity index is 574. The Morgan fingerprint density at radius 3 is 2.52 bits per heavy atom. The fourth-order valence-electron chi connectivity index (χ4n) is 2.57. The summed E-state index contributed by atoms with van der Waals surface area (Å²) in [4.78, 5) is 2.15. The summed E-state index contributed by atoms with van der Waals surface area (Å²) in [5, 5.41) is 19.6. The Morgan fingerprint density at radius 1 is 1.04 bits per heavy atom. The number of aliphatic hydroxyl groups is 2. The molecule has 0 aliphatic heterocycles. The third kappa shape index (κ3) is 5.67. The van der Waals surface area contributed by atoms with Crippen molar-refractivity contribution in [1.29, 1.82) is 0 Å². The van der Waals surface area contributed by atoms with Crippen LogP contribution in [0, 0.1) is 0 Å². The maximum atomic E-state index is 10.4. The van der Waals surface area contributed by atoms with Crippen molar-refractivity contribution in [2.24, 2.45) is 0 Å². The van der Waals surface area contributed by atoms with Crippen molar-refractivity contribution in [2.45, 2.75) is 19.1 Å². The van der Waals surface area contributed by atoms with Crippen molar-refractivity contribution in [3.63, 3.8) is 0 Å². The van der Waals surface area contributed by atoms with Gasteiger partial charge in [0, 0.05) is 19.6 Å². The number of rotatable bonds is 9. The molecule has 0 amide bonds. The molecule has 0 saturated heterocycles. The third-order valence-corrected chi connectivity index (χ3v) is 3.86. The summed E-state index contributed by atoms with van der Waals surface area (Å²) < 4.78 is 5.19. The average molecular weight is 315 g/mol. The van der Waals surface area contributed by atoms with Gasteiger partial charge < -0.3 is 14.9 Å². The fourth-order valence-corrected chi connectivity index (χ4v) is 2.57. The van der Waals surface area contributed by atoms with Crippen LogP contribution >= 0.6 is 0 Å². The monoisotopic (exact) mass is 315 g/mol. The van der Waals surface area contributed by atoms with Crippen LogP contribution in [0.25, 0.3) is 0 Å². The first kappa shape index (κ1) is 17.5. The number of ether oxygens (including phenoxy) is 1.